The first-order chi connectivity index (χ1) is 8.72. The van der Waals surface area contributed by atoms with Crippen LogP contribution < -0.4 is 10.6 Å². The molecular weight excluding hydrogens is 240 g/mol. The molecule has 2 amide bonds. The number of amides is 2. The van der Waals surface area contributed by atoms with Gasteiger partial charge in [0.2, 0.25) is 11.8 Å². The molecule has 0 rings (SSSR count). The third-order valence-corrected chi connectivity index (χ3v) is 2.52. The Morgan fingerprint density at radius 2 is 1.63 bits per heavy atom. The van der Waals surface area contributed by atoms with E-state index in [1.54, 1.807) is 6.92 Å². The van der Waals surface area contributed by atoms with Crippen LogP contribution in [0.25, 0.3) is 0 Å². The van der Waals surface area contributed by atoms with Crippen molar-refractivity contribution in [2.75, 3.05) is 6.54 Å². The van der Waals surface area contributed by atoms with Crippen LogP contribution in [0.3, 0.4) is 0 Å². The number of carbonyl (C=O) groups is 2. The molecule has 0 radical (unpaired) electrons. The average Bonchev–Trinajstić information content (AvgIpc) is 2.24. The fourth-order valence-electron chi connectivity index (χ4n) is 1.60. The van der Waals surface area contributed by atoms with E-state index in [9.17, 15) is 9.59 Å². The largest absolute Gasteiger partial charge is 0.352 e. The smallest absolute Gasteiger partial charge is 0.246 e. The lowest BCUT2D eigenvalue weighted by Crippen LogP contribution is -2.40. The summed E-state index contributed by atoms with van der Waals surface area (Å²) in [4.78, 5) is 22.7. The van der Waals surface area contributed by atoms with E-state index in [1.807, 2.05) is 20.8 Å². The number of nitrogens with one attached hydrogen (secondary N) is 2. The van der Waals surface area contributed by atoms with Crippen molar-refractivity contribution in [2.24, 2.45) is 0 Å². The van der Waals surface area contributed by atoms with Gasteiger partial charge >= 0.3 is 0 Å². The Hall–Kier alpha value is -1.32. The lowest BCUT2D eigenvalue weighted by atomic mass is 10.1. The molecule has 0 aliphatic heterocycles. The molecule has 0 aliphatic rings. The molecule has 0 aromatic carbocycles. The molecule has 0 aromatic rings. The molecule has 0 bridgehead atoms. The third kappa shape index (κ3) is 11.5. The van der Waals surface area contributed by atoms with Crippen molar-refractivity contribution in [3.8, 4) is 0 Å². The Morgan fingerprint density at radius 3 is 2.16 bits per heavy atom. The minimum absolute atomic E-state index is 0.0791. The summed E-state index contributed by atoms with van der Waals surface area (Å²) in [5, 5.41) is 5.74. The van der Waals surface area contributed by atoms with Gasteiger partial charge in [0, 0.05) is 24.1 Å². The molecule has 110 valence electrons. The number of carbonyl (C=O) groups excluding carboxylic acids is 2. The van der Waals surface area contributed by atoms with Gasteiger partial charge in [-0.1, -0.05) is 19.4 Å². The summed E-state index contributed by atoms with van der Waals surface area (Å²) >= 11 is 0. The normalized spacial score (nSPS) is 10.9. The summed E-state index contributed by atoms with van der Waals surface area (Å²) in [6.07, 6.45) is 4.46. The van der Waals surface area contributed by atoms with Crippen LogP contribution in [0.4, 0.5) is 0 Å². The molecule has 0 heterocycles. The van der Waals surface area contributed by atoms with Gasteiger partial charge in [0.05, 0.1) is 0 Å². The van der Waals surface area contributed by atoms with E-state index in [0.717, 1.165) is 25.7 Å². The zero-order valence-corrected chi connectivity index (χ0v) is 12.8. The van der Waals surface area contributed by atoms with Gasteiger partial charge in [-0.3, -0.25) is 9.59 Å². The zero-order chi connectivity index (χ0) is 14.9. The fourth-order valence-corrected chi connectivity index (χ4v) is 1.60. The van der Waals surface area contributed by atoms with Crippen LogP contribution in [0.15, 0.2) is 12.2 Å². The van der Waals surface area contributed by atoms with Gasteiger partial charge in [0.15, 0.2) is 0 Å². The summed E-state index contributed by atoms with van der Waals surface area (Å²) in [6.45, 7) is 11.9. The van der Waals surface area contributed by atoms with Crippen LogP contribution in [0.1, 0.15) is 59.8 Å². The fraction of sp³-hybridized carbons (Fsp3) is 0.733. The Kier molecular flexibility index (Phi) is 8.12. The van der Waals surface area contributed by atoms with Crippen molar-refractivity contribution in [2.45, 2.75) is 65.3 Å². The molecule has 0 unspecified atom stereocenters. The van der Waals surface area contributed by atoms with Gasteiger partial charge in [-0.15, -0.1) is 0 Å². The second kappa shape index (κ2) is 8.73. The van der Waals surface area contributed by atoms with Crippen molar-refractivity contribution in [1.82, 2.24) is 10.6 Å². The Bertz CT molecular complexity index is 317. The predicted octanol–water partition coefficient (Wildman–Crippen LogP) is 2.54. The molecule has 0 saturated heterocycles. The van der Waals surface area contributed by atoms with Gasteiger partial charge < -0.3 is 10.6 Å². The third-order valence-electron chi connectivity index (χ3n) is 2.52. The minimum Gasteiger partial charge on any atom is -0.352 e. The highest BCUT2D eigenvalue weighted by Crippen LogP contribution is 2.05. The highest BCUT2D eigenvalue weighted by Gasteiger charge is 2.12. The predicted molar refractivity (Wildman–Crippen MR) is 78.8 cm³/mol. The maximum absolute atomic E-state index is 11.5. The van der Waals surface area contributed by atoms with Crippen LogP contribution in [0.5, 0.6) is 0 Å². The summed E-state index contributed by atoms with van der Waals surface area (Å²) in [7, 11) is 0. The van der Waals surface area contributed by atoms with Gasteiger partial charge in [-0.2, -0.15) is 0 Å². The van der Waals surface area contributed by atoms with Crippen molar-refractivity contribution >= 4 is 11.8 Å². The van der Waals surface area contributed by atoms with Gasteiger partial charge in [0.25, 0.3) is 0 Å². The molecule has 4 nitrogen and oxygen atoms in total. The van der Waals surface area contributed by atoms with Gasteiger partial charge in [-0.25, -0.2) is 0 Å². The number of hydrogen-bond acceptors (Lipinski definition) is 2. The van der Waals surface area contributed by atoms with E-state index in [0.29, 0.717) is 18.5 Å². The molecule has 0 saturated carbocycles. The Balaban J connectivity index is 3.44. The van der Waals surface area contributed by atoms with Crippen molar-refractivity contribution < 1.29 is 9.59 Å². The second-order valence-corrected chi connectivity index (χ2v) is 6.00. The van der Waals surface area contributed by atoms with Crippen LogP contribution in [-0.4, -0.2) is 23.9 Å². The highest BCUT2D eigenvalue weighted by atomic mass is 16.2. The van der Waals surface area contributed by atoms with E-state index in [2.05, 4.69) is 17.2 Å². The molecule has 4 heteroatoms. The molecule has 0 aliphatic carbocycles. The molecule has 2 N–H and O–H groups in total. The summed E-state index contributed by atoms with van der Waals surface area (Å²) in [6, 6.07) is 0. The maximum atomic E-state index is 11.5. The van der Waals surface area contributed by atoms with Gasteiger partial charge in [0.1, 0.15) is 0 Å². The number of hydrogen-bond donors (Lipinski definition) is 2. The van der Waals surface area contributed by atoms with E-state index >= 15 is 0 Å². The Morgan fingerprint density at radius 1 is 1.05 bits per heavy atom. The molecule has 0 atom stereocenters. The topological polar surface area (TPSA) is 58.2 Å². The summed E-state index contributed by atoms with van der Waals surface area (Å²) in [5.74, 6) is 0.0349. The van der Waals surface area contributed by atoms with E-state index in [1.165, 1.54) is 0 Å². The first-order valence-electron chi connectivity index (χ1n) is 6.97. The van der Waals surface area contributed by atoms with Crippen LogP contribution in [0, 0.1) is 0 Å². The minimum atomic E-state index is -0.149. The second-order valence-electron chi connectivity index (χ2n) is 6.00. The van der Waals surface area contributed by atoms with E-state index in [4.69, 9.17) is 0 Å². The molecule has 0 fully saturated rings. The summed E-state index contributed by atoms with van der Waals surface area (Å²) < 4.78 is 0. The van der Waals surface area contributed by atoms with Crippen LogP contribution in [-0.2, 0) is 9.59 Å². The maximum Gasteiger partial charge on any atom is 0.246 e. The quantitative estimate of drug-likeness (QED) is 0.525. The van der Waals surface area contributed by atoms with Crippen molar-refractivity contribution in [3.05, 3.63) is 12.2 Å². The van der Waals surface area contributed by atoms with E-state index in [-0.39, 0.29) is 17.4 Å². The molecular formula is C15H28N2O2. The van der Waals surface area contributed by atoms with Crippen molar-refractivity contribution in [1.29, 1.82) is 0 Å². The lowest BCUT2D eigenvalue weighted by Gasteiger charge is -2.20. The first-order valence-corrected chi connectivity index (χ1v) is 6.97. The number of rotatable bonds is 8. The van der Waals surface area contributed by atoms with Crippen LogP contribution >= 0.6 is 0 Å². The average molecular weight is 268 g/mol. The lowest BCUT2D eigenvalue weighted by molar-refractivity contribution is -0.122. The monoisotopic (exact) mass is 268 g/mol. The van der Waals surface area contributed by atoms with E-state index < -0.39 is 0 Å². The molecule has 19 heavy (non-hydrogen) atoms. The standard InChI is InChI=1S/C15H28N2O2/c1-12(2)14(19)16-11-9-7-6-8-10-13(18)17-15(3,4)5/h1,6-11H2,2-5H3,(H,16,19)(H,17,18). The van der Waals surface area contributed by atoms with Crippen LogP contribution in [0.2, 0.25) is 0 Å². The first kappa shape index (κ1) is 17.7. The zero-order valence-electron chi connectivity index (χ0n) is 12.8. The highest BCUT2D eigenvalue weighted by molar-refractivity contribution is 5.91. The van der Waals surface area contributed by atoms with Crippen molar-refractivity contribution in [3.63, 3.8) is 0 Å². The van der Waals surface area contributed by atoms with Gasteiger partial charge in [-0.05, 0) is 40.5 Å². The summed E-state index contributed by atoms with van der Waals surface area (Å²) in [5.41, 5.74) is 0.392. The Labute approximate surface area is 117 Å². The number of unbranched alkanes of at least 4 members (excludes halogenated alkanes) is 3. The SMILES string of the molecule is C=C(C)C(=O)NCCCCCCC(=O)NC(C)(C)C. The molecule has 0 spiro atoms. The molecule has 0 aromatic heterocycles.